The van der Waals surface area contributed by atoms with Crippen molar-refractivity contribution in [3.8, 4) is 0 Å². The normalized spacial score (nSPS) is 27.0. The molecule has 1 aromatic carbocycles. The largest absolute Gasteiger partial charge is 0.310 e. The summed E-state index contributed by atoms with van der Waals surface area (Å²) < 4.78 is 13.8. The van der Waals surface area contributed by atoms with E-state index in [9.17, 15) is 4.39 Å². The Labute approximate surface area is 126 Å². The van der Waals surface area contributed by atoms with Gasteiger partial charge < -0.3 is 5.32 Å². The molecule has 0 saturated heterocycles. The molecule has 1 saturated carbocycles. The summed E-state index contributed by atoms with van der Waals surface area (Å²) >= 11 is 5.79. The van der Waals surface area contributed by atoms with Crippen LogP contribution in [0.2, 0.25) is 5.02 Å². The maximum Gasteiger partial charge on any atom is 0.129 e. The zero-order valence-electron chi connectivity index (χ0n) is 12.6. The van der Waals surface area contributed by atoms with Crippen molar-refractivity contribution in [2.75, 3.05) is 0 Å². The molecule has 3 atom stereocenters. The van der Waals surface area contributed by atoms with Gasteiger partial charge in [0.25, 0.3) is 0 Å². The van der Waals surface area contributed by atoms with E-state index in [1.807, 2.05) is 0 Å². The maximum absolute atomic E-state index is 13.8. The van der Waals surface area contributed by atoms with Gasteiger partial charge in [-0.25, -0.2) is 4.39 Å². The van der Waals surface area contributed by atoms with E-state index in [1.165, 1.54) is 25.3 Å². The van der Waals surface area contributed by atoms with E-state index in [-0.39, 0.29) is 5.82 Å². The van der Waals surface area contributed by atoms with E-state index < -0.39 is 0 Å². The minimum Gasteiger partial charge on any atom is -0.310 e. The van der Waals surface area contributed by atoms with Gasteiger partial charge in [0.15, 0.2) is 0 Å². The summed E-state index contributed by atoms with van der Waals surface area (Å²) in [4.78, 5) is 0. The van der Waals surface area contributed by atoms with E-state index in [4.69, 9.17) is 11.6 Å². The number of nitrogens with one attached hydrogen (secondary N) is 1. The van der Waals surface area contributed by atoms with Crippen LogP contribution >= 0.6 is 11.6 Å². The molecule has 1 aliphatic rings. The Bertz CT molecular complexity index is 447. The fourth-order valence-electron chi connectivity index (χ4n) is 3.34. The van der Waals surface area contributed by atoms with Crippen LogP contribution in [0.4, 0.5) is 4.39 Å². The van der Waals surface area contributed by atoms with E-state index >= 15 is 0 Å². The zero-order valence-corrected chi connectivity index (χ0v) is 13.4. The standard InChI is InChI=1S/C17H25ClFN/c1-11(2)15-7-4-12(3)8-17(15)20-10-13-5-6-14(18)9-16(13)19/h5-6,9,11-12,15,17,20H,4,7-8,10H2,1-3H3. The van der Waals surface area contributed by atoms with Gasteiger partial charge in [0.1, 0.15) is 5.82 Å². The minimum atomic E-state index is -0.213. The van der Waals surface area contributed by atoms with Crippen LogP contribution in [0.15, 0.2) is 18.2 Å². The van der Waals surface area contributed by atoms with Crippen LogP contribution in [-0.4, -0.2) is 6.04 Å². The third kappa shape index (κ3) is 3.95. The third-order valence-electron chi connectivity index (χ3n) is 4.59. The first-order chi connectivity index (χ1) is 9.47. The molecular formula is C17H25ClFN. The molecule has 1 aliphatic carbocycles. The number of benzene rings is 1. The first-order valence-electron chi connectivity index (χ1n) is 7.64. The molecule has 3 unspecified atom stereocenters. The molecule has 0 aromatic heterocycles. The first kappa shape index (κ1) is 15.8. The molecule has 1 fully saturated rings. The monoisotopic (exact) mass is 297 g/mol. The summed E-state index contributed by atoms with van der Waals surface area (Å²) in [5, 5.41) is 4.03. The number of rotatable bonds is 4. The van der Waals surface area contributed by atoms with Crippen LogP contribution in [0.1, 0.15) is 45.6 Å². The highest BCUT2D eigenvalue weighted by molar-refractivity contribution is 6.30. The van der Waals surface area contributed by atoms with E-state index in [0.717, 1.165) is 5.92 Å². The lowest BCUT2D eigenvalue weighted by Crippen LogP contribution is -2.42. The highest BCUT2D eigenvalue weighted by Gasteiger charge is 2.30. The molecule has 1 aromatic rings. The molecule has 0 bridgehead atoms. The van der Waals surface area contributed by atoms with Crippen LogP contribution in [0.5, 0.6) is 0 Å². The SMILES string of the molecule is CC1CCC(C(C)C)C(NCc2ccc(Cl)cc2F)C1. The molecule has 20 heavy (non-hydrogen) atoms. The van der Waals surface area contributed by atoms with Crippen molar-refractivity contribution < 1.29 is 4.39 Å². The smallest absolute Gasteiger partial charge is 0.129 e. The second kappa shape index (κ2) is 6.91. The summed E-state index contributed by atoms with van der Waals surface area (Å²) in [7, 11) is 0. The van der Waals surface area contributed by atoms with Crippen molar-refractivity contribution in [2.24, 2.45) is 17.8 Å². The van der Waals surface area contributed by atoms with Crippen LogP contribution in [0.25, 0.3) is 0 Å². The molecule has 3 heteroatoms. The lowest BCUT2D eigenvalue weighted by molar-refractivity contribution is 0.169. The van der Waals surface area contributed by atoms with Gasteiger partial charge in [-0.1, -0.05) is 44.9 Å². The Balaban J connectivity index is 2.00. The minimum absolute atomic E-state index is 0.213. The van der Waals surface area contributed by atoms with Gasteiger partial charge in [-0.15, -0.1) is 0 Å². The van der Waals surface area contributed by atoms with Gasteiger partial charge in [-0.3, -0.25) is 0 Å². The van der Waals surface area contributed by atoms with E-state index in [1.54, 1.807) is 12.1 Å². The molecule has 0 heterocycles. The molecule has 1 nitrogen and oxygen atoms in total. The molecule has 0 radical (unpaired) electrons. The zero-order chi connectivity index (χ0) is 14.7. The van der Waals surface area contributed by atoms with Crippen molar-refractivity contribution in [1.29, 1.82) is 0 Å². The Morgan fingerprint density at radius 3 is 2.75 bits per heavy atom. The molecular weight excluding hydrogens is 273 g/mol. The lowest BCUT2D eigenvalue weighted by Gasteiger charge is -2.38. The first-order valence-corrected chi connectivity index (χ1v) is 8.02. The van der Waals surface area contributed by atoms with Crippen LogP contribution in [-0.2, 0) is 6.54 Å². The van der Waals surface area contributed by atoms with Crippen molar-refractivity contribution in [3.63, 3.8) is 0 Å². The maximum atomic E-state index is 13.8. The fraction of sp³-hybridized carbons (Fsp3) is 0.647. The predicted octanol–water partition coefficient (Wildman–Crippen LogP) is 5.03. The van der Waals surface area contributed by atoms with Crippen LogP contribution in [0.3, 0.4) is 0 Å². The number of halogens is 2. The van der Waals surface area contributed by atoms with Crippen LogP contribution in [0, 0.1) is 23.6 Å². The highest BCUT2D eigenvalue weighted by atomic mass is 35.5. The summed E-state index contributed by atoms with van der Waals surface area (Å²) in [5.41, 5.74) is 0.704. The Morgan fingerprint density at radius 1 is 1.35 bits per heavy atom. The second-order valence-electron chi connectivity index (χ2n) is 6.55. The number of hydrogen-bond acceptors (Lipinski definition) is 1. The lowest BCUT2D eigenvalue weighted by atomic mass is 9.74. The Kier molecular flexibility index (Phi) is 5.45. The molecule has 1 N–H and O–H groups in total. The topological polar surface area (TPSA) is 12.0 Å². The summed E-state index contributed by atoms with van der Waals surface area (Å²) in [6.07, 6.45) is 3.79. The van der Waals surface area contributed by atoms with Gasteiger partial charge in [0, 0.05) is 23.2 Å². The van der Waals surface area contributed by atoms with Crippen molar-refractivity contribution in [2.45, 2.75) is 52.6 Å². The molecule has 2 rings (SSSR count). The van der Waals surface area contributed by atoms with Crippen molar-refractivity contribution in [1.82, 2.24) is 5.32 Å². The number of hydrogen-bond donors (Lipinski definition) is 1. The van der Waals surface area contributed by atoms with Gasteiger partial charge >= 0.3 is 0 Å². The summed E-state index contributed by atoms with van der Waals surface area (Å²) in [5.74, 6) is 1.92. The average molecular weight is 298 g/mol. The molecule has 0 spiro atoms. The molecule has 0 aliphatic heterocycles. The highest BCUT2D eigenvalue weighted by Crippen LogP contribution is 2.33. The Morgan fingerprint density at radius 2 is 2.10 bits per heavy atom. The van der Waals surface area contributed by atoms with Gasteiger partial charge in [-0.2, -0.15) is 0 Å². The summed E-state index contributed by atoms with van der Waals surface area (Å²) in [6, 6.07) is 5.42. The van der Waals surface area contributed by atoms with Gasteiger partial charge in [-0.05, 0) is 42.7 Å². The summed E-state index contributed by atoms with van der Waals surface area (Å²) in [6.45, 7) is 7.48. The van der Waals surface area contributed by atoms with E-state index in [0.29, 0.717) is 35.0 Å². The Hall–Kier alpha value is -0.600. The average Bonchev–Trinajstić information content (AvgIpc) is 2.37. The van der Waals surface area contributed by atoms with E-state index in [2.05, 4.69) is 26.1 Å². The molecule has 112 valence electrons. The predicted molar refractivity (Wildman–Crippen MR) is 83.4 cm³/mol. The quantitative estimate of drug-likeness (QED) is 0.822. The van der Waals surface area contributed by atoms with Crippen LogP contribution < -0.4 is 5.32 Å². The van der Waals surface area contributed by atoms with Crippen molar-refractivity contribution >= 4 is 11.6 Å². The second-order valence-corrected chi connectivity index (χ2v) is 6.99. The fourth-order valence-corrected chi connectivity index (χ4v) is 3.50. The molecule has 0 amide bonds. The van der Waals surface area contributed by atoms with Gasteiger partial charge in [0.05, 0.1) is 0 Å². The van der Waals surface area contributed by atoms with Crippen molar-refractivity contribution in [3.05, 3.63) is 34.6 Å². The van der Waals surface area contributed by atoms with Gasteiger partial charge in [0.2, 0.25) is 0 Å². The third-order valence-corrected chi connectivity index (χ3v) is 4.83.